The molecule has 1 heterocycles. The molecule has 2 aromatic rings. The summed E-state index contributed by atoms with van der Waals surface area (Å²) in [6, 6.07) is 19.2. The highest BCUT2D eigenvalue weighted by atomic mass is 19.4. The van der Waals surface area contributed by atoms with Gasteiger partial charge < -0.3 is 20.2 Å². The third-order valence-electron chi connectivity index (χ3n) is 6.94. The first-order valence-corrected chi connectivity index (χ1v) is 12.5. The monoisotopic (exact) mass is 590 g/mol. The second-order valence-electron chi connectivity index (χ2n) is 9.82. The number of hydrogen-bond acceptors (Lipinski definition) is 5. The van der Waals surface area contributed by atoms with Gasteiger partial charge in [-0.3, -0.25) is 4.90 Å². The van der Waals surface area contributed by atoms with Crippen LogP contribution in [-0.2, 0) is 15.0 Å². The van der Waals surface area contributed by atoms with Crippen molar-refractivity contribution in [2.75, 3.05) is 33.7 Å². The molecule has 0 bridgehead atoms. The fourth-order valence-corrected chi connectivity index (χ4v) is 5.00. The van der Waals surface area contributed by atoms with Gasteiger partial charge in [0.15, 0.2) is 0 Å². The third-order valence-corrected chi connectivity index (χ3v) is 6.94. The smallest absolute Gasteiger partial charge is 0.475 e. The number of aliphatic carboxylic acids is 2. The second kappa shape index (κ2) is 14.0. The summed E-state index contributed by atoms with van der Waals surface area (Å²) < 4.78 is 63.5. The standard InChI is InChI=1S/C24H30N2O.2C2HF3O2/c1-25(2)22-20-12-6-7-13-21(20)24(23(22)27)14-17-26(18-15-24)16-8-11-19-9-4-3-5-10-19;2*3-2(4,5)1(6)7/h3-13,22-23,27H,14-18H2,1-2H3;2*(H,6,7)/b11-8+;;/t22-,23+;;/m1../s1. The topological polar surface area (TPSA) is 101 Å². The van der Waals surface area contributed by atoms with E-state index in [4.69, 9.17) is 19.8 Å². The SMILES string of the molecule is CN(C)[C@@H]1c2ccccc2C2(CCN(C/C=C/c3ccccc3)CC2)[C@H]1O.O=C(O)C(F)(F)F.O=C(O)C(F)(F)F. The van der Waals surface area contributed by atoms with E-state index in [9.17, 15) is 31.4 Å². The first kappa shape index (κ1) is 33.8. The largest absolute Gasteiger partial charge is 0.490 e. The maximum atomic E-state index is 11.3. The molecule has 0 saturated carbocycles. The molecule has 0 amide bonds. The molecule has 2 aliphatic rings. The van der Waals surface area contributed by atoms with Crippen LogP contribution in [0.25, 0.3) is 6.08 Å². The van der Waals surface area contributed by atoms with Crippen molar-refractivity contribution in [2.24, 2.45) is 0 Å². The molecule has 2 aromatic carbocycles. The van der Waals surface area contributed by atoms with Crippen LogP contribution >= 0.6 is 0 Å². The van der Waals surface area contributed by atoms with Crippen LogP contribution in [0.4, 0.5) is 26.3 Å². The first-order chi connectivity index (χ1) is 19.0. The Kier molecular flexibility index (Phi) is 11.5. The summed E-state index contributed by atoms with van der Waals surface area (Å²) in [5.41, 5.74) is 3.84. The molecule has 7 nitrogen and oxygen atoms in total. The minimum atomic E-state index is -5.08. The zero-order valence-corrected chi connectivity index (χ0v) is 22.4. The highest BCUT2D eigenvalue weighted by molar-refractivity contribution is 5.73. The zero-order valence-electron chi connectivity index (χ0n) is 22.4. The molecule has 1 aliphatic heterocycles. The van der Waals surface area contributed by atoms with Crippen LogP contribution in [-0.4, -0.2) is 89.2 Å². The van der Waals surface area contributed by atoms with Gasteiger partial charge in [-0.2, -0.15) is 26.3 Å². The third kappa shape index (κ3) is 9.03. The van der Waals surface area contributed by atoms with Crippen LogP contribution in [0.3, 0.4) is 0 Å². The maximum absolute atomic E-state index is 11.3. The molecule has 0 radical (unpaired) electrons. The molecule has 1 spiro atoms. The minimum absolute atomic E-state index is 0.0921. The molecule has 13 heteroatoms. The van der Waals surface area contributed by atoms with Crippen molar-refractivity contribution in [1.29, 1.82) is 0 Å². The molecule has 1 saturated heterocycles. The van der Waals surface area contributed by atoms with Crippen molar-refractivity contribution < 1.29 is 51.3 Å². The number of likely N-dealkylation sites (tertiary alicyclic amines) is 1. The lowest BCUT2D eigenvalue weighted by atomic mass is 9.72. The number of aliphatic hydroxyl groups is 1. The van der Waals surface area contributed by atoms with Crippen LogP contribution in [0.15, 0.2) is 60.7 Å². The number of rotatable bonds is 4. The van der Waals surface area contributed by atoms with Gasteiger partial charge in [0.05, 0.1) is 12.1 Å². The van der Waals surface area contributed by atoms with Gasteiger partial charge in [0.25, 0.3) is 0 Å². The molecule has 1 aliphatic carbocycles. The van der Waals surface area contributed by atoms with Crippen molar-refractivity contribution in [3.8, 4) is 0 Å². The minimum Gasteiger partial charge on any atom is -0.475 e. The summed E-state index contributed by atoms with van der Waals surface area (Å²) in [7, 11) is 4.15. The molecular formula is C28H32F6N2O5. The number of halogens is 6. The normalized spacial score (nSPS) is 20.1. The lowest BCUT2D eigenvalue weighted by Gasteiger charge is -2.43. The molecule has 3 N–H and O–H groups in total. The number of fused-ring (bicyclic) bond motifs is 2. The fraction of sp³-hybridized carbons (Fsp3) is 0.429. The lowest BCUT2D eigenvalue weighted by Crippen LogP contribution is -2.49. The number of alkyl halides is 6. The number of aliphatic hydroxyl groups excluding tert-OH is 1. The molecule has 0 aromatic heterocycles. The number of nitrogens with zero attached hydrogens (tertiary/aromatic N) is 2. The van der Waals surface area contributed by atoms with E-state index in [1.165, 1.54) is 16.7 Å². The Labute approximate surface area is 233 Å². The Bertz CT molecular complexity index is 1150. The van der Waals surface area contributed by atoms with Crippen molar-refractivity contribution in [3.05, 3.63) is 77.4 Å². The van der Waals surface area contributed by atoms with E-state index in [2.05, 4.69) is 84.6 Å². The molecule has 41 heavy (non-hydrogen) atoms. The summed E-state index contributed by atoms with van der Waals surface area (Å²) in [5.74, 6) is -5.51. The van der Waals surface area contributed by atoms with Crippen molar-refractivity contribution >= 4 is 18.0 Å². The highest BCUT2D eigenvalue weighted by Gasteiger charge is 2.53. The Morgan fingerprint density at radius 3 is 1.83 bits per heavy atom. The van der Waals surface area contributed by atoms with Crippen molar-refractivity contribution in [1.82, 2.24) is 9.80 Å². The highest BCUT2D eigenvalue weighted by Crippen LogP contribution is 2.52. The maximum Gasteiger partial charge on any atom is 0.490 e. The average molecular weight is 591 g/mol. The Morgan fingerprint density at radius 1 is 0.902 bits per heavy atom. The van der Waals surface area contributed by atoms with E-state index < -0.39 is 24.3 Å². The van der Waals surface area contributed by atoms with Crippen LogP contribution in [0.1, 0.15) is 35.6 Å². The number of benzene rings is 2. The van der Waals surface area contributed by atoms with Gasteiger partial charge >= 0.3 is 24.3 Å². The van der Waals surface area contributed by atoms with Crippen LogP contribution in [0, 0.1) is 0 Å². The quantitative estimate of drug-likeness (QED) is 0.432. The summed E-state index contributed by atoms with van der Waals surface area (Å²) in [4.78, 5) is 22.5. The molecular weight excluding hydrogens is 558 g/mol. The van der Waals surface area contributed by atoms with E-state index in [1.54, 1.807) is 0 Å². The Balaban J connectivity index is 0.000000349. The number of piperidine rings is 1. The van der Waals surface area contributed by atoms with E-state index >= 15 is 0 Å². The van der Waals surface area contributed by atoms with Crippen LogP contribution in [0.5, 0.6) is 0 Å². The van der Waals surface area contributed by atoms with E-state index in [0.717, 1.165) is 32.5 Å². The molecule has 226 valence electrons. The summed E-state index contributed by atoms with van der Waals surface area (Å²) in [6.45, 7) is 3.04. The van der Waals surface area contributed by atoms with Gasteiger partial charge in [-0.1, -0.05) is 66.7 Å². The second-order valence-corrected chi connectivity index (χ2v) is 9.82. The van der Waals surface area contributed by atoms with E-state index in [0.29, 0.717) is 0 Å². The zero-order chi connectivity index (χ0) is 31.0. The van der Waals surface area contributed by atoms with Gasteiger partial charge in [-0.15, -0.1) is 0 Å². The first-order valence-electron chi connectivity index (χ1n) is 12.5. The average Bonchev–Trinajstić information content (AvgIpc) is 3.13. The van der Waals surface area contributed by atoms with Gasteiger partial charge in [0, 0.05) is 12.0 Å². The summed E-state index contributed by atoms with van der Waals surface area (Å²) in [6.07, 6.45) is -3.99. The number of hydrogen-bond donors (Lipinski definition) is 3. The number of carboxylic acid groups (broad SMARTS) is 2. The molecule has 1 fully saturated rings. The van der Waals surface area contributed by atoms with E-state index in [1.807, 2.05) is 6.07 Å². The number of likely N-dealkylation sites (N-methyl/N-ethyl adjacent to an activating group) is 1. The van der Waals surface area contributed by atoms with Crippen LogP contribution in [0.2, 0.25) is 0 Å². The predicted octanol–water partition coefficient (Wildman–Crippen LogP) is 4.98. The summed E-state index contributed by atoms with van der Waals surface area (Å²) in [5, 5.41) is 25.5. The fourth-order valence-electron chi connectivity index (χ4n) is 5.00. The number of carboxylic acids is 2. The van der Waals surface area contributed by atoms with Crippen molar-refractivity contribution in [2.45, 2.75) is 42.8 Å². The lowest BCUT2D eigenvalue weighted by molar-refractivity contribution is -0.193. The molecule has 2 atom stereocenters. The Morgan fingerprint density at radius 2 is 1.37 bits per heavy atom. The number of carbonyl (C=O) groups is 2. The summed E-state index contributed by atoms with van der Waals surface area (Å²) >= 11 is 0. The van der Waals surface area contributed by atoms with Gasteiger partial charge in [-0.05, 0) is 56.7 Å². The van der Waals surface area contributed by atoms with Gasteiger partial charge in [0.1, 0.15) is 0 Å². The van der Waals surface area contributed by atoms with Gasteiger partial charge in [-0.25, -0.2) is 9.59 Å². The predicted molar refractivity (Wildman–Crippen MR) is 139 cm³/mol. The van der Waals surface area contributed by atoms with Gasteiger partial charge in [0.2, 0.25) is 0 Å². The van der Waals surface area contributed by atoms with E-state index in [-0.39, 0.29) is 17.6 Å². The molecule has 4 rings (SSSR count). The van der Waals surface area contributed by atoms with Crippen LogP contribution < -0.4 is 0 Å². The van der Waals surface area contributed by atoms with Crippen molar-refractivity contribution in [3.63, 3.8) is 0 Å². The Hall–Kier alpha value is -3.42. The molecule has 0 unspecified atom stereocenters.